The molecule has 1 aromatic rings. The van der Waals surface area contributed by atoms with Gasteiger partial charge in [0.15, 0.2) is 11.5 Å². The second kappa shape index (κ2) is 18.2. The molecule has 0 fully saturated rings. The topological polar surface area (TPSA) is 159 Å². The number of rotatable bonds is 15. The second-order valence-electron chi connectivity index (χ2n) is 11.8. The van der Waals surface area contributed by atoms with E-state index in [9.17, 15) is 19.2 Å². The Bertz CT molecular complexity index is 1050. The van der Waals surface area contributed by atoms with E-state index in [-0.39, 0.29) is 42.1 Å². The van der Waals surface area contributed by atoms with E-state index >= 15 is 0 Å². The first-order valence-corrected chi connectivity index (χ1v) is 14.7. The lowest BCUT2D eigenvalue weighted by molar-refractivity contribution is -0.155. The van der Waals surface area contributed by atoms with Crippen LogP contribution >= 0.6 is 0 Å². The molecule has 5 atom stereocenters. The lowest BCUT2D eigenvalue weighted by atomic mass is 9.99. The predicted octanol–water partition coefficient (Wildman–Crippen LogP) is 6.48. The van der Waals surface area contributed by atoms with Gasteiger partial charge in [-0.3, -0.25) is 4.79 Å². The summed E-state index contributed by atoms with van der Waals surface area (Å²) in [6, 6.07) is 3.26. The number of nitrogens with two attached hydrogens (primary N) is 1. The van der Waals surface area contributed by atoms with Crippen molar-refractivity contribution < 1.29 is 52.3 Å². The van der Waals surface area contributed by atoms with Crippen LogP contribution in [0.4, 0.5) is 14.4 Å². The summed E-state index contributed by atoms with van der Waals surface area (Å²) < 4.78 is 36.8. The zero-order valence-electron chi connectivity index (χ0n) is 26.9. The number of carbonyl (C=O) groups is 4. The molecule has 0 saturated carbocycles. The van der Waals surface area contributed by atoms with Crippen molar-refractivity contribution in [1.82, 2.24) is 0 Å². The van der Waals surface area contributed by atoms with Crippen LogP contribution in [0.3, 0.4) is 0 Å². The molecule has 0 aliphatic carbocycles. The Kier molecular flexibility index (Phi) is 15.9. The molecular formula is C31H49NO11. The van der Waals surface area contributed by atoms with Gasteiger partial charge in [-0.1, -0.05) is 53.5 Å². The summed E-state index contributed by atoms with van der Waals surface area (Å²) in [4.78, 5) is 49.4. The molecule has 3 unspecified atom stereocenters. The molecule has 0 radical (unpaired) electrons. The second-order valence-corrected chi connectivity index (χ2v) is 11.8. The molecule has 0 heterocycles. The maximum Gasteiger partial charge on any atom is 0.514 e. The fraction of sp³-hybridized carbons (Fsp3) is 0.677. The van der Waals surface area contributed by atoms with Gasteiger partial charge in [-0.2, -0.15) is 0 Å². The van der Waals surface area contributed by atoms with E-state index < -0.39 is 42.7 Å². The molecule has 0 bridgehead atoms. The Morgan fingerprint density at radius 3 is 1.77 bits per heavy atom. The van der Waals surface area contributed by atoms with Crippen LogP contribution in [-0.4, -0.2) is 61.5 Å². The highest BCUT2D eigenvalue weighted by Gasteiger charge is 2.26. The van der Waals surface area contributed by atoms with Crippen molar-refractivity contribution in [1.29, 1.82) is 0 Å². The molecule has 12 heteroatoms. The van der Waals surface area contributed by atoms with Crippen molar-refractivity contribution in [2.45, 2.75) is 125 Å². The SMILES string of the molecule is CCCC(C)OC(=O)Oc1cc(C[C@H](N)C(=O)OC(C)C(C)OC(=O)OCC(C)(C)C)ccc1OC(=O)O[C@@H](C)CCC. The highest BCUT2D eigenvalue weighted by molar-refractivity contribution is 5.76. The van der Waals surface area contributed by atoms with Crippen molar-refractivity contribution in [2.75, 3.05) is 6.61 Å². The summed E-state index contributed by atoms with van der Waals surface area (Å²) >= 11 is 0. The van der Waals surface area contributed by atoms with E-state index in [1.807, 2.05) is 34.6 Å². The van der Waals surface area contributed by atoms with Gasteiger partial charge in [-0.25, -0.2) is 14.4 Å². The number of esters is 1. The molecule has 0 amide bonds. The van der Waals surface area contributed by atoms with Crippen molar-refractivity contribution in [2.24, 2.45) is 11.1 Å². The Labute approximate surface area is 254 Å². The third-order valence-electron chi connectivity index (χ3n) is 6.01. The Hall–Kier alpha value is -3.54. The van der Waals surface area contributed by atoms with Gasteiger partial charge in [0, 0.05) is 0 Å². The molecule has 0 spiro atoms. The normalized spacial score (nSPS) is 14.7. The summed E-state index contributed by atoms with van der Waals surface area (Å²) in [5.74, 6) is -0.933. The van der Waals surface area contributed by atoms with E-state index in [4.69, 9.17) is 38.9 Å². The average Bonchev–Trinajstić information content (AvgIpc) is 2.88. The number of ether oxygens (including phenoxy) is 7. The van der Waals surface area contributed by atoms with E-state index in [0.717, 1.165) is 12.8 Å². The molecule has 1 aromatic carbocycles. The first-order chi connectivity index (χ1) is 20.0. The van der Waals surface area contributed by atoms with E-state index in [1.165, 1.54) is 12.1 Å². The summed E-state index contributed by atoms with van der Waals surface area (Å²) in [5, 5.41) is 0. The Morgan fingerprint density at radius 2 is 1.26 bits per heavy atom. The van der Waals surface area contributed by atoms with Crippen LogP contribution in [-0.2, 0) is 34.9 Å². The number of hydrogen-bond donors (Lipinski definition) is 1. The van der Waals surface area contributed by atoms with Gasteiger partial charge in [-0.15, -0.1) is 0 Å². The maximum absolute atomic E-state index is 12.7. The van der Waals surface area contributed by atoms with Crippen molar-refractivity contribution >= 4 is 24.4 Å². The molecule has 244 valence electrons. The van der Waals surface area contributed by atoms with Crippen molar-refractivity contribution in [3.05, 3.63) is 23.8 Å². The zero-order chi connectivity index (χ0) is 32.7. The molecule has 43 heavy (non-hydrogen) atoms. The van der Waals surface area contributed by atoms with E-state index in [0.29, 0.717) is 18.4 Å². The zero-order valence-corrected chi connectivity index (χ0v) is 26.9. The fourth-order valence-electron chi connectivity index (χ4n) is 3.59. The monoisotopic (exact) mass is 611 g/mol. The van der Waals surface area contributed by atoms with Gasteiger partial charge in [-0.05, 0) is 70.1 Å². The molecule has 12 nitrogen and oxygen atoms in total. The van der Waals surface area contributed by atoms with Gasteiger partial charge in [0.1, 0.15) is 30.5 Å². The molecule has 1 rings (SSSR count). The molecule has 0 aromatic heterocycles. The minimum Gasteiger partial charge on any atom is -0.458 e. The number of carbonyl (C=O) groups excluding carboxylic acids is 4. The van der Waals surface area contributed by atoms with E-state index in [1.54, 1.807) is 33.8 Å². The Morgan fingerprint density at radius 1 is 0.744 bits per heavy atom. The highest BCUT2D eigenvalue weighted by atomic mass is 16.8. The van der Waals surface area contributed by atoms with Gasteiger partial charge in [0.25, 0.3) is 0 Å². The average molecular weight is 612 g/mol. The molecule has 0 saturated heterocycles. The van der Waals surface area contributed by atoms with Gasteiger partial charge in [0.05, 0.1) is 6.61 Å². The molecule has 0 aliphatic heterocycles. The van der Waals surface area contributed by atoms with Crippen LogP contribution in [0, 0.1) is 5.41 Å². The van der Waals surface area contributed by atoms with Crippen molar-refractivity contribution in [3.63, 3.8) is 0 Å². The third-order valence-corrected chi connectivity index (χ3v) is 6.01. The maximum atomic E-state index is 12.7. The lowest BCUT2D eigenvalue weighted by Gasteiger charge is -2.23. The van der Waals surface area contributed by atoms with E-state index in [2.05, 4.69) is 0 Å². The van der Waals surface area contributed by atoms with Crippen molar-refractivity contribution in [3.8, 4) is 11.5 Å². The smallest absolute Gasteiger partial charge is 0.458 e. The molecule has 2 N–H and O–H groups in total. The molecular weight excluding hydrogens is 562 g/mol. The third kappa shape index (κ3) is 15.5. The molecule has 0 aliphatic rings. The van der Waals surface area contributed by atoms with Crippen LogP contribution in [0.15, 0.2) is 18.2 Å². The highest BCUT2D eigenvalue weighted by Crippen LogP contribution is 2.30. The lowest BCUT2D eigenvalue weighted by Crippen LogP contribution is -2.39. The minimum atomic E-state index is -1.11. The van der Waals surface area contributed by atoms with Crippen LogP contribution in [0.25, 0.3) is 0 Å². The first-order valence-electron chi connectivity index (χ1n) is 14.7. The van der Waals surface area contributed by atoms with Crippen LogP contribution in [0.5, 0.6) is 11.5 Å². The van der Waals surface area contributed by atoms with Gasteiger partial charge >= 0.3 is 24.4 Å². The largest absolute Gasteiger partial charge is 0.514 e. The summed E-state index contributed by atoms with van der Waals surface area (Å²) in [7, 11) is 0. The van der Waals surface area contributed by atoms with Gasteiger partial charge < -0.3 is 38.9 Å². The minimum absolute atomic E-state index is 0.00960. The predicted molar refractivity (Wildman–Crippen MR) is 158 cm³/mol. The summed E-state index contributed by atoms with van der Waals surface area (Å²) in [5.41, 5.74) is 6.36. The van der Waals surface area contributed by atoms with Gasteiger partial charge in [0.2, 0.25) is 0 Å². The quantitative estimate of drug-likeness (QED) is 0.131. The summed E-state index contributed by atoms with van der Waals surface area (Å²) in [6.45, 7) is 16.4. The number of hydrogen-bond acceptors (Lipinski definition) is 12. The first kappa shape index (κ1) is 37.5. The fourth-order valence-corrected chi connectivity index (χ4v) is 3.59. The summed E-state index contributed by atoms with van der Waals surface area (Å²) in [6.07, 6.45) is -2.26. The number of benzene rings is 1. The van der Waals surface area contributed by atoms with Crippen LogP contribution in [0.1, 0.15) is 93.6 Å². The van der Waals surface area contributed by atoms with Crippen LogP contribution < -0.4 is 15.2 Å². The standard InChI is InChI=1S/C31H49NO11/c1-10-12-19(3)38-29(35)42-25-15-14-23(17-26(25)43-30(36)39-20(4)13-11-2)16-24(32)27(33)40-21(5)22(6)41-28(34)37-18-31(7,8)9/h14-15,17,19-22,24H,10-13,16,18,32H2,1-9H3/t19-,20?,21?,22?,24-/m0/s1. The van der Waals surface area contributed by atoms with Crippen LogP contribution in [0.2, 0.25) is 0 Å². The Balaban J connectivity index is 2.93.